The number of H-pyrrole nitrogens is 1. The molecule has 1 atom stereocenters. The number of carbonyl (C=O) groups is 1. The number of nitrogens with one attached hydrogen (secondary N) is 1. The molecule has 0 spiro atoms. The summed E-state index contributed by atoms with van der Waals surface area (Å²) in [7, 11) is 0. The van der Waals surface area contributed by atoms with Crippen molar-refractivity contribution >= 4 is 27.9 Å². The van der Waals surface area contributed by atoms with Crippen molar-refractivity contribution in [3.05, 3.63) is 100 Å². The Kier molecular flexibility index (Phi) is 4.29. The normalized spacial score (nSPS) is 12.5. The van der Waals surface area contributed by atoms with Gasteiger partial charge in [0.2, 0.25) is 0 Å². The van der Waals surface area contributed by atoms with Crippen LogP contribution in [0.2, 0.25) is 0 Å². The number of rotatable bonds is 4. The van der Waals surface area contributed by atoms with Crippen LogP contribution in [0.5, 0.6) is 0 Å². The summed E-state index contributed by atoms with van der Waals surface area (Å²) >= 11 is 0. The number of carboxylic acid groups (broad SMARTS) is 1. The number of aromatic carboxylic acids is 1. The van der Waals surface area contributed by atoms with E-state index in [1.54, 1.807) is 22.8 Å². The van der Waals surface area contributed by atoms with Gasteiger partial charge in [-0.3, -0.25) is 9.13 Å². The molecule has 0 fully saturated rings. The Bertz CT molecular complexity index is 1520. The summed E-state index contributed by atoms with van der Waals surface area (Å²) in [5.74, 6) is -1.07. The van der Waals surface area contributed by atoms with Gasteiger partial charge >= 0.3 is 11.7 Å². The highest BCUT2D eigenvalue weighted by atomic mass is 16.4. The lowest BCUT2D eigenvalue weighted by Crippen LogP contribution is -2.27. The lowest BCUT2D eigenvalue weighted by atomic mass is 10.0. The Labute approximate surface area is 178 Å². The summed E-state index contributed by atoms with van der Waals surface area (Å²) < 4.78 is 3.24. The van der Waals surface area contributed by atoms with Crippen LogP contribution in [0, 0.1) is 6.92 Å². The van der Waals surface area contributed by atoms with Crippen molar-refractivity contribution in [2.75, 3.05) is 0 Å². The van der Waals surface area contributed by atoms with Gasteiger partial charge in [0.25, 0.3) is 0 Å². The maximum absolute atomic E-state index is 13.7. The third-order valence-electron chi connectivity index (χ3n) is 5.94. The van der Waals surface area contributed by atoms with E-state index in [1.165, 1.54) is 10.6 Å². The number of benzene rings is 3. The van der Waals surface area contributed by atoms with E-state index in [4.69, 9.17) is 0 Å². The second-order valence-corrected chi connectivity index (χ2v) is 7.72. The molecule has 5 rings (SSSR count). The molecule has 0 radical (unpaired) electrons. The molecule has 6 nitrogen and oxygen atoms in total. The van der Waals surface area contributed by atoms with Crippen molar-refractivity contribution in [3.8, 4) is 5.69 Å². The van der Waals surface area contributed by atoms with E-state index in [0.717, 1.165) is 27.5 Å². The second kappa shape index (κ2) is 7.02. The molecule has 2 heterocycles. The highest BCUT2D eigenvalue weighted by Gasteiger charge is 2.23. The number of carboxylic acids is 1. The highest BCUT2D eigenvalue weighted by molar-refractivity contribution is 5.93. The van der Waals surface area contributed by atoms with E-state index < -0.39 is 5.97 Å². The fourth-order valence-electron chi connectivity index (χ4n) is 4.49. The number of imidazole rings is 1. The maximum atomic E-state index is 13.7. The van der Waals surface area contributed by atoms with Crippen LogP contribution >= 0.6 is 0 Å². The smallest absolute Gasteiger partial charge is 0.337 e. The molecule has 2 aromatic heterocycles. The number of hydrogen-bond donors (Lipinski definition) is 2. The predicted molar refractivity (Wildman–Crippen MR) is 121 cm³/mol. The molecule has 0 aliphatic carbocycles. The Hall–Kier alpha value is -4.06. The van der Waals surface area contributed by atoms with Crippen molar-refractivity contribution in [3.63, 3.8) is 0 Å². The first kappa shape index (κ1) is 18.9. The summed E-state index contributed by atoms with van der Waals surface area (Å²) in [6.45, 7) is 4.05. The first-order valence-electron chi connectivity index (χ1n) is 10.1. The van der Waals surface area contributed by atoms with Crippen LogP contribution in [0.15, 0.2) is 77.7 Å². The molecule has 0 amide bonds. The van der Waals surface area contributed by atoms with Crippen LogP contribution in [-0.2, 0) is 0 Å². The first-order chi connectivity index (χ1) is 15.0. The maximum Gasteiger partial charge on any atom is 0.337 e. The average molecular weight is 411 g/mol. The highest BCUT2D eigenvalue weighted by Crippen LogP contribution is 2.31. The van der Waals surface area contributed by atoms with Gasteiger partial charge in [0.05, 0.1) is 28.3 Å². The molecule has 6 heteroatoms. The lowest BCUT2D eigenvalue weighted by Gasteiger charge is -2.14. The minimum absolute atomic E-state index is 0.0862. The molecular weight excluding hydrogens is 390 g/mol. The Morgan fingerprint density at radius 3 is 2.45 bits per heavy atom. The molecule has 3 aromatic carbocycles. The Morgan fingerprint density at radius 1 is 0.968 bits per heavy atom. The van der Waals surface area contributed by atoms with Gasteiger partial charge in [-0.05, 0) is 49.7 Å². The minimum atomic E-state index is -1.07. The van der Waals surface area contributed by atoms with Crippen LogP contribution in [-0.4, -0.2) is 25.2 Å². The third kappa shape index (κ3) is 2.79. The standard InChI is InChI=1S/C25H21N3O3/c1-15-8-7-10-19-23(15)18(14-26-19)16(2)27-21-12-5-6-13-22(21)28(25(27)31)20-11-4-3-9-17(20)24(29)30/h3-14,16,26H,1-2H3,(H,29,30). The molecule has 0 aliphatic rings. The molecule has 31 heavy (non-hydrogen) atoms. The second-order valence-electron chi connectivity index (χ2n) is 7.72. The first-order valence-corrected chi connectivity index (χ1v) is 10.1. The summed E-state index contributed by atoms with van der Waals surface area (Å²) in [6, 6.07) is 19.9. The number of hydrogen-bond acceptors (Lipinski definition) is 2. The molecule has 154 valence electrons. The van der Waals surface area contributed by atoms with E-state index in [0.29, 0.717) is 11.2 Å². The monoisotopic (exact) mass is 411 g/mol. The van der Waals surface area contributed by atoms with E-state index in [2.05, 4.69) is 18.0 Å². The third-order valence-corrected chi connectivity index (χ3v) is 5.94. The zero-order chi connectivity index (χ0) is 21.7. The van der Waals surface area contributed by atoms with Gasteiger partial charge in [-0.15, -0.1) is 0 Å². The Balaban J connectivity index is 1.82. The van der Waals surface area contributed by atoms with Crippen LogP contribution in [0.4, 0.5) is 0 Å². The molecule has 0 saturated carbocycles. The topological polar surface area (TPSA) is 80.0 Å². The summed E-state index contributed by atoms with van der Waals surface area (Å²) in [5, 5.41) is 10.8. The molecule has 0 saturated heterocycles. The zero-order valence-electron chi connectivity index (χ0n) is 17.2. The number of fused-ring (bicyclic) bond motifs is 2. The summed E-state index contributed by atoms with van der Waals surface area (Å²) in [6.07, 6.45) is 1.95. The average Bonchev–Trinajstić information content (AvgIpc) is 3.33. The Morgan fingerprint density at radius 2 is 1.68 bits per heavy atom. The zero-order valence-corrected chi connectivity index (χ0v) is 17.2. The van der Waals surface area contributed by atoms with E-state index in [1.807, 2.05) is 49.5 Å². The van der Waals surface area contributed by atoms with Crippen molar-refractivity contribution < 1.29 is 9.90 Å². The van der Waals surface area contributed by atoms with Crippen LogP contribution < -0.4 is 5.69 Å². The van der Waals surface area contributed by atoms with Gasteiger partial charge in [0.1, 0.15) is 0 Å². The SMILES string of the molecule is Cc1cccc2[nH]cc(C(C)n3c(=O)n(-c4ccccc4C(=O)O)c4ccccc43)c12. The quantitative estimate of drug-likeness (QED) is 0.442. The van der Waals surface area contributed by atoms with E-state index >= 15 is 0 Å². The number of para-hydroxylation sites is 3. The molecule has 5 aromatic rings. The number of aryl methyl sites for hydroxylation is 1. The number of aromatic amines is 1. The molecule has 0 aliphatic heterocycles. The largest absolute Gasteiger partial charge is 0.478 e. The molecule has 0 bridgehead atoms. The van der Waals surface area contributed by atoms with Gasteiger partial charge < -0.3 is 10.1 Å². The fourth-order valence-corrected chi connectivity index (χ4v) is 4.49. The molecule has 1 unspecified atom stereocenters. The minimum Gasteiger partial charge on any atom is -0.478 e. The van der Waals surface area contributed by atoms with Crippen molar-refractivity contribution in [1.29, 1.82) is 0 Å². The van der Waals surface area contributed by atoms with Crippen molar-refractivity contribution in [2.24, 2.45) is 0 Å². The molecule has 2 N–H and O–H groups in total. The van der Waals surface area contributed by atoms with Gasteiger partial charge in [-0.1, -0.05) is 36.4 Å². The van der Waals surface area contributed by atoms with Gasteiger partial charge in [0, 0.05) is 22.7 Å². The van der Waals surface area contributed by atoms with Crippen LogP contribution in [0.3, 0.4) is 0 Å². The van der Waals surface area contributed by atoms with Crippen LogP contribution in [0.1, 0.15) is 34.5 Å². The van der Waals surface area contributed by atoms with Crippen LogP contribution in [0.25, 0.3) is 27.6 Å². The van der Waals surface area contributed by atoms with Gasteiger partial charge in [-0.25, -0.2) is 9.59 Å². The summed E-state index contributed by atoms with van der Waals surface area (Å²) in [4.78, 5) is 28.9. The molecular formula is C25H21N3O3. The van der Waals surface area contributed by atoms with E-state index in [-0.39, 0.29) is 17.3 Å². The fraction of sp³-hybridized carbons (Fsp3) is 0.120. The van der Waals surface area contributed by atoms with Crippen molar-refractivity contribution in [1.82, 2.24) is 14.1 Å². The lowest BCUT2D eigenvalue weighted by molar-refractivity contribution is 0.0697. The van der Waals surface area contributed by atoms with E-state index in [9.17, 15) is 14.7 Å². The summed E-state index contributed by atoms with van der Waals surface area (Å²) in [5.41, 5.74) is 4.77. The number of aromatic nitrogens is 3. The van der Waals surface area contributed by atoms with Gasteiger partial charge in [-0.2, -0.15) is 0 Å². The van der Waals surface area contributed by atoms with Gasteiger partial charge in [0.15, 0.2) is 0 Å². The predicted octanol–water partition coefficient (Wildman–Crippen LogP) is 4.89. The number of nitrogens with zero attached hydrogens (tertiary/aromatic N) is 2. The van der Waals surface area contributed by atoms with Crippen molar-refractivity contribution in [2.45, 2.75) is 19.9 Å².